The molecular formula is C22H22N4O4. The van der Waals surface area contributed by atoms with Crippen molar-refractivity contribution < 1.29 is 19.1 Å². The first-order valence-corrected chi connectivity index (χ1v) is 9.91. The maximum atomic E-state index is 13.0. The third-order valence-electron chi connectivity index (χ3n) is 4.96. The third kappa shape index (κ3) is 3.89. The number of ether oxygens (including phenoxy) is 1. The molecule has 1 atom stereocenters. The lowest BCUT2D eigenvalue weighted by molar-refractivity contribution is -0.124. The van der Waals surface area contributed by atoms with Crippen LogP contribution in [0, 0.1) is 0 Å². The number of nitrogens with zero attached hydrogens (tertiary/aromatic N) is 2. The highest BCUT2D eigenvalue weighted by Gasteiger charge is 2.32. The molecule has 0 radical (unpaired) electrons. The van der Waals surface area contributed by atoms with E-state index in [1.165, 1.54) is 0 Å². The number of amides is 2. The number of carbonyl (C=O) groups excluding carboxylic acids is 3. The van der Waals surface area contributed by atoms with Gasteiger partial charge in [0.25, 0.3) is 0 Å². The van der Waals surface area contributed by atoms with Crippen molar-refractivity contribution in [2.24, 2.45) is 0 Å². The van der Waals surface area contributed by atoms with Gasteiger partial charge in [-0.25, -0.2) is 9.78 Å². The summed E-state index contributed by atoms with van der Waals surface area (Å²) in [6.07, 6.45) is 1.78. The fraction of sp³-hybridized carbons (Fsp3) is 0.273. The number of nitrogens with one attached hydrogen (secondary N) is 2. The van der Waals surface area contributed by atoms with Crippen molar-refractivity contribution in [2.75, 3.05) is 17.2 Å². The normalized spacial score (nSPS) is 15.4. The summed E-state index contributed by atoms with van der Waals surface area (Å²) >= 11 is 0. The minimum atomic E-state index is -0.722. The zero-order valence-electron chi connectivity index (χ0n) is 16.6. The largest absolute Gasteiger partial charge is 0.462 e. The minimum Gasteiger partial charge on any atom is -0.462 e. The summed E-state index contributed by atoms with van der Waals surface area (Å²) < 4.78 is 6.93. The van der Waals surface area contributed by atoms with E-state index in [0.29, 0.717) is 29.3 Å². The van der Waals surface area contributed by atoms with Crippen molar-refractivity contribution in [1.29, 1.82) is 0 Å². The Morgan fingerprint density at radius 1 is 1.20 bits per heavy atom. The lowest BCUT2D eigenvalue weighted by atomic mass is 10.1. The summed E-state index contributed by atoms with van der Waals surface area (Å²) in [5, 5.41) is 5.55. The van der Waals surface area contributed by atoms with E-state index < -0.39 is 6.04 Å². The van der Waals surface area contributed by atoms with Crippen molar-refractivity contribution in [3.05, 3.63) is 54.1 Å². The molecule has 2 N–H and O–H groups in total. The highest BCUT2D eigenvalue weighted by atomic mass is 16.5. The standard InChI is InChI=1S/C22H22N4O4/c1-2-3-12-30-21(29)14-8-10-15(11-9-14)23-20(28)18-13-19(27)25-22-24-16-6-4-5-7-17(16)26(18)22/h4-11,18H,2-3,12-13H2,1H3,(H,23,28)(H,24,25,27). The number of para-hydroxylation sites is 2. The van der Waals surface area contributed by atoms with Crippen molar-refractivity contribution in [1.82, 2.24) is 9.55 Å². The molecule has 0 spiro atoms. The van der Waals surface area contributed by atoms with Crippen LogP contribution in [0.3, 0.4) is 0 Å². The van der Waals surface area contributed by atoms with Gasteiger partial charge < -0.3 is 10.1 Å². The van der Waals surface area contributed by atoms with Crippen molar-refractivity contribution in [2.45, 2.75) is 32.2 Å². The van der Waals surface area contributed by atoms with Gasteiger partial charge in [0, 0.05) is 5.69 Å². The monoisotopic (exact) mass is 406 g/mol. The Morgan fingerprint density at radius 3 is 2.73 bits per heavy atom. The van der Waals surface area contributed by atoms with Crippen molar-refractivity contribution in [3.63, 3.8) is 0 Å². The number of carbonyl (C=O) groups is 3. The van der Waals surface area contributed by atoms with Gasteiger partial charge >= 0.3 is 5.97 Å². The van der Waals surface area contributed by atoms with Crippen LogP contribution in [0.4, 0.5) is 11.6 Å². The van der Waals surface area contributed by atoms with Crippen LogP contribution in [0.15, 0.2) is 48.5 Å². The van der Waals surface area contributed by atoms with Crippen LogP contribution in [0.1, 0.15) is 42.6 Å². The second-order valence-corrected chi connectivity index (χ2v) is 7.12. The molecule has 8 heteroatoms. The first-order valence-electron chi connectivity index (χ1n) is 9.91. The van der Waals surface area contributed by atoms with Gasteiger partial charge in [0.05, 0.1) is 29.6 Å². The zero-order chi connectivity index (χ0) is 21.1. The van der Waals surface area contributed by atoms with Gasteiger partial charge in [0.2, 0.25) is 17.8 Å². The van der Waals surface area contributed by atoms with E-state index in [-0.39, 0.29) is 24.2 Å². The van der Waals surface area contributed by atoms with Gasteiger partial charge in [-0.1, -0.05) is 25.5 Å². The van der Waals surface area contributed by atoms with Crippen LogP contribution >= 0.6 is 0 Å². The minimum absolute atomic E-state index is 0.0149. The van der Waals surface area contributed by atoms with Gasteiger partial charge in [0.1, 0.15) is 6.04 Å². The predicted molar refractivity (Wildman–Crippen MR) is 112 cm³/mol. The molecule has 1 aliphatic heterocycles. The number of unbranched alkanes of at least 4 members (excludes halogenated alkanes) is 1. The zero-order valence-corrected chi connectivity index (χ0v) is 16.6. The first-order chi connectivity index (χ1) is 14.6. The average Bonchev–Trinajstić information content (AvgIpc) is 3.11. The second-order valence-electron chi connectivity index (χ2n) is 7.12. The van der Waals surface area contributed by atoms with Gasteiger partial charge in [-0.05, 0) is 42.8 Å². The number of hydrogen-bond donors (Lipinski definition) is 2. The van der Waals surface area contributed by atoms with Crippen molar-refractivity contribution in [3.8, 4) is 0 Å². The number of rotatable bonds is 6. The van der Waals surface area contributed by atoms with Gasteiger partial charge in [-0.2, -0.15) is 0 Å². The van der Waals surface area contributed by atoms with E-state index in [2.05, 4.69) is 15.6 Å². The highest BCUT2D eigenvalue weighted by Crippen LogP contribution is 2.31. The van der Waals surface area contributed by atoms with E-state index in [1.54, 1.807) is 28.8 Å². The highest BCUT2D eigenvalue weighted by molar-refractivity contribution is 6.03. The van der Waals surface area contributed by atoms with Crippen molar-refractivity contribution >= 4 is 40.5 Å². The molecule has 0 bridgehead atoms. The summed E-state index contributed by atoms with van der Waals surface area (Å²) in [5.74, 6) is -0.617. The molecule has 2 heterocycles. The summed E-state index contributed by atoms with van der Waals surface area (Å²) in [6, 6.07) is 13.2. The average molecular weight is 406 g/mol. The maximum Gasteiger partial charge on any atom is 0.338 e. The Bertz CT molecular complexity index is 1100. The summed E-state index contributed by atoms with van der Waals surface area (Å²) in [5.41, 5.74) is 2.43. The first kappa shape index (κ1) is 19.6. The van der Waals surface area contributed by atoms with Crippen LogP contribution in [0.5, 0.6) is 0 Å². The van der Waals surface area contributed by atoms with Gasteiger partial charge in [0.15, 0.2) is 0 Å². The Hall–Kier alpha value is -3.68. The Labute approximate surface area is 173 Å². The molecule has 1 aromatic heterocycles. The Balaban J connectivity index is 1.51. The lowest BCUT2D eigenvalue weighted by Crippen LogP contribution is -2.35. The molecule has 0 fully saturated rings. The summed E-state index contributed by atoms with van der Waals surface area (Å²) in [4.78, 5) is 41.5. The number of hydrogen-bond acceptors (Lipinski definition) is 5. The molecule has 1 unspecified atom stereocenters. The van der Waals surface area contributed by atoms with E-state index in [0.717, 1.165) is 18.4 Å². The van der Waals surface area contributed by atoms with E-state index >= 15 is 0 Å². The fourth-order valence-corrected chi connectivity index (χ4v) is 3.41. The lowest BCUT2D eigenvalue weighted by Gasteiger charge is -2.25. The Morgan fingerprint density at radius 2 is 1.97 bits per heavy atom. The molecule has 0 saturated heterocycles. The summed E-state index contributed by atoms with van der Waals surface area (Å²) in [6.45, 7) is 2.41. The number of fused-ring (bicyclic) bond motifs is 3. The number of esters is 1. The van der Waals surface area contributed by atoms with Gasteiger partial charge in [-0.15, -0.1) is 0 Å². The SMILES string of the molecule is CCCCOC(=O)c1ccc(NC(=O)C2CC(=O)Nc3nc4ccccc4n32)cc1. The van der Waals surface area contributed by atoms with Crippen LogP contribution < -0.4 is 10.6 Å². The predicted octanol–water partition coefficient (Wildman–Crippen LogP) is 3.52. The number of benzene rings is 2. The fourth-order valence-electron chi connectivity index (χ4n) is 3.41. The quantitative estimate of drug-likeness (QED) is 0.482. The third-order valence-corrected chi connectivity index (χ3v) is 4.96. The molecule has 3 aromatic rings. The van der Waals surface area contributed by atoms with Crippen LogP contribution in [0.2, 0.25) is 0 Å². The molecule has 0 aliphatic carbocycles. The van der Waals surface area contributed by atoms with Crippen LogP contribution in [0.25, 0.3) is 11.0 Å². The molecule has 0 saturated carbocycles. The molecule has 2 aromatic carbocycles. The Kier molecular flexibility index (Phi) is 5.47. The molecule has 1 aliphatic rings. The van der Waals surface area contributed by atoms with E-state index in [9.17, 15) is 14.4 Å². The van der Waals surface area contributed by atoms with Gasteiger partial charge in [-0.3, -0.25) is 19.5 Å². The smallest absolute Gasteiger partial charge is 0.338 e. The summed E-state index contributed by atoms with van der Waals surface area (Å²) in [7, 11) is 0. The molecular weight excluding hydrogens is 384 g/mol. The molecule has 4 rings (SSSR count). The van der Waals surface area contributed by atoms with Crippen LogP contribution in [-0.2, 0) is 14.3 Å². The molecule has 8 nitrogen and oxygen atoms in total. The van der Waals surface area contributed by atoms with E-state index in [1.807, 2.05) is 31.2 Å². The maximum absolute atomic E-state index is 13.0. The molecule has 154 valence electrons. The van der Waals surface area contributed by atoms with E-state index in [4.69, 9.17) is 4.74 Å². The molecule has 2 amide bonds. The number of aromatic nitrogens is 2. The molecule has 30 heavy (non-hydrogen) atoms. The topological polar surface area (TPSA) is 102 Å². The number of imidazole rings is 1. The number of anilines is 2. The van der Waals surface area contributed by atoms with Crippen LogP contribution in [-0.4, -0.2) is 33.9 Å². The second kappa shape index (κ2) is 8.36.